The lowest BCUT2D eigenvalue weighted by Crippen LogP contribution is -2.26. The number of cyclic esters (lactones) is 1. The van der Waals surface area contributed by atoms with Crippen LogP contribution in [-0.4, -0.2) is 18.5 Å². The standard InChI is InChI=1S/C15H13NO4/c1-3-19-13(17)10(2)8-15(9-16)12-7-5-4-6-11(12)14(18)20-15/h4-7H,2-3,8H2,1H3/t15-/m1/s1. The average Bonchev–Trinajstić information content (AvgIpc) is 2.73. The maximum Gasteiger partial charge on any atom is 0.340 e. The molecule has 1 aromatic rings. The van der Waals surface area contributed by atoms with Gasteiger partial charge in [-0.05, 0) is 13.0 Å². The molecule has 102 valence electrons. The molecule has 0 aromatic heterocycles. The summed E-state index contributed by atoms with van der Waals surface area (Å²) < 4.78 is 10.0. The lowest BCUT2D eigenvalue weighted by molar-refractivity contribution is -0.139. The van der Waals surface area contributed by atoms with Gasteiger partial charge in [-0.15, -0.1) is 0 Å². The van der Waals surface area contributed by atoms with Crippen LogP contribution in [0.25, 0.3) is 0 Å². The van der Waals surface area contributed by atoms with Crippen LogP contribution in [0.3, 0.4) is 0 Å². The van der Waals surface area contributed by atoms with E-state index in [2.05, 4.69) is 6.58 Å². The second-order valence-corrected chi connectivity index (χ2v) is 4.37. The van der Waals surface area contributed by atoms with E-state index in [4.69, 9.17) is 9.47 Å². The Labute approximate surface area is 116 Å². The molecule has 0 saturated carbocycles. The van der Waals surface area contributed by atoms with Crippen LogP contribution in [0.15, 0.2) is 36.4 Å². The van der Waals surface area contributed by atoms with Crippen molar-refractivity contribution in [1.29, 1.82) is 5.26 Å². The highest BCUT2D eigenvalue weighted by Gasteiger charge is 2.47. The van der Waals surface area contributed by atoms with Gasteiger partial charge in [-0.1, -0.05) is 24.8 Å². The van der Waals surface area contributed by atoms with E-state index in [-0.39, 0.29) is 18.6 Å². The molecule has 0 bridgehead atoms. The van der Waals surface area contributed by atoms with Gasteiger partial charge in [-0.3, -0.25) is 0 Å². The summed E-state index contributed by atoms with van der Waals surface area (Å²) in [5.74, 6) is -1.17. The first-order chi connectivity index (χ1) is 9.54. The van der Waals surface area contributed by atoms with Crippen molar-refractivity contribution >= 4 is 11.9 Å². The van der Waals surface area contributed by atoms with Crippen LogP contribution >= 0.6 is 0 Å². The van der Waals surface area contributed by atoms with Crippen molar-refractivity contribution in [3.63, 3.8) is 0 Å². The molecule has 1 aliphatic heterocycles. The van der Waals surface area contributed by atoms with Crippen LogP contribution in [0.5, 0.6) is 0 Å². The van der Waals surface area contributed by atoms with Crippen LogP contribution in [0.4, 0.5) is 0 Å². The predicted molar refractivity (Wildman–Crippen MR) is 69.5 cm³/mol. The van der Waals surface area contributed by atoms with Crippen LogP contribution in [-0.2, 0) is 19.9 Å². The second-order valence-electron chi connectivity index (χ2n) is 4.37. The first-order valence-electron chi connectivity index (χ1n) is 6.13. The molecule has 0 aliphatic carbocycles. The number of benzene rings is 1. The van der Waals surface area contributed by atoms with Crippen molar-refractivity contribution in [3.8, 4) is 6.07 Å². The zero-order valence-electron chi connectivity index (χ0n) is 11.0. The number of ether oxygens (including phenoxy) is 2. The Bertz CT molecular complexity index is 629. The number of rotatable bonds is 4. The first-order valence-corrected chi connectivity index (χ1v) is 6.13. The van der Waals surface area contributed by atoms with Crippen molar-refractivity contribution in [2.24, 2.45) is 0 Å². The van der Waals surface area contributed by atoms with Gasteiger partial charge in [-0.2, -0.15) is 5.26 Å². The first kappa shape index (κ1) is 13.8. The molecular weight excluding hydrogens is 258 g/mol. The Morgan fingerprint density at radius 2 is 2.20 bits per heavy atom. The molecule has 1 atom stereocenters. The van der Waals surface area contributed by atoms with Gasteiger partial charge in [0.25, 0.3) is 0 Å². The topological polar surface area (TPSA) is 76.4 Å². The Balaban J connectivity index is 2.34. The van der Waals surface area contributed by atoms with E-state index in [1.54, 1.807) is 31.2 Å². The number of fused-ring (bicyclic) bond motifs is 1. The summed E-state index contributed by atoms with van der Waals surface area (Å²) in [6.07, 6.45) is -0.106. The number of nitrogens with zero attached hydrogens (tertiary/aromatic N) is 1. The van der Waals surface area contributed by atoms with Crippen molar-refractivity contribution in [2.75, 3.05) is 6.61 Å². The quantitative estimate of drug-likeness (QED) is 0.619. The third-order valence-electron chi connectivity index (χ3n) is 3.06. The molecule has 0 saturated heterocycles. The third-order valence-corrected chi connectivity index (χ3v) is 3.06. The summed E-state index contributed by atoms with van der Waals surface area (Å²) in [6.45, 7) is 5.50. The molecule has 0 N–H and O–H groups in total. The van der Waals surface area contributed by atoms with E-state index in [1.165, 1.54) is 0 Å². The minimum atomic E-state index is -1.50. The van der Waals surface area contributed by atoms with E-state index < -0.39 is 17.5 Å². The second kappa shape index (κ2) is 5.17. The van der Waals surface area contributed by atoms with Gasteiger partial charge in [0, 0.05) is 17.6 Å². The molecule has 0 radical (unpaired) electrons. The van der Waals surface area contributed by atoms with Gasteiger partial charge in [-0.25, -0.2) is 9.59 Å². The number of esters is 2. The maximum absolute atomic E-state index is 11.8. The highest BCUT2D eigenvalue weighted by Crippen LogP contribution is 2.40. The lowest BCUT2D eigenvalue weighted by Gasteiger charge is -2.21. The molecule has 0 amide bonds. The Morgan fingerprint density at radius 3 is 2.85 bits per heavy atom. The summed E-state index contributed by atoms with van der Waals surface area (Å²) >= 11 is 0. The maximum atomic E-state index is 11.8. The fourth-order valence-electron chi connectivity index (χ4n) is 2.14. The molecule has 0 fully saturated rings. The summed E-state index contributed by atoms with van der Waals surface area (Å²) in [6, 6.07) is 8.60. The van der Waals surface area contributed by atoms with Crippen molar-refractivity contribution in [3.05, 3.63) is 47.5 Å². The van der Waals surface area contributed by atoms with E-state index in [0.29, 0.717) is 11.1 Å². The highest BCUT2D eigenvalue weighted by molar-refractivity contribution is 5.96. The van der Waals surface area contributed by atoms with Crippen LogP contribution < -0.4 is 0 Å². The number of hydrogen-bond acceptors (Lipinski definition) is 5. The van der Waals surface area contributed by atoms with Gasteiger partial charge >= 0.3 is 11.9 Å². The van der Waals surface area contributed by atoms with E-state index in [9.17, 15) is 14.9 Å². The summed E-state index contributed by atoms with van der Waals surface area (Å²) in [5.41, 5.74) is -0.612. The molecule has 20 heavy (non-hydrogen) atoms. The van der Waals surface area contributed by atoms with Crippen molar-refractivity contribution in [2.45, 2.75) is 18.9 Å². The lowest BCUT2D eigenvalue weighted by atomic mass is 9.88. The molecule has 1 aliphatic rings. The van der Waals surface area contributed by atoms with Gasteiger partial charge in [0.05, 0.1) is 12.2 Å². The van der Waals surface area contributed by atoms with Crippen LogP contribution in [0.1, 0.15) is 29.3 Å². The predicted octanol–water partition coefficient (Wildman–Crippen LogP) is 2.09. The molecule has 5 heteroatoms. The fraction of sp³-hybridized carbons (Fsp3) is 0.267. The van der Waals surface area contributed by atoms with E-state index in [1.807, 2.05) is 6.07 Å². The van der Waals surface area contributed by atoms with E-state index >= 15 is 0 Å². The van der Waals surface area contributed by atoms with E-state index in [0.717, 1.165) is 0 Å². The molecule has 1 aromatic carbocycles. The number of carbonyl (C=O) groups excluding carboxylic acids is 2. The molecule has 0 spiro atoms. The highest BCUT2D eigenvalue weighted by atomic mass is 16.6. The zero-order valence-corrected chi connectivity index (χ0v) is 11.0. The minimum Gasteiger partial charge on any atom is -0.463 e. The van der Waals surface area contributed by atoms with Gasteiger partial charge < -0.3 is 9.47 Å². The molecule has 5 nitrogen and oxygen atoms in total. The van der Waals surface area contributed by atoms with Crippen molar-refractivity contribution < 1.29 is 19.1 Å². The molecule has 1 heterocycles. The Kier molecular flexibility index (Phi) is 3.57. The van der Waals surface area contributed by atoms with Crippen LogP contribution in [0, 0.1) is 11.3 Å². The largest absolute Gasteiger partial charge is 0.463 e. The molecular formula is C15H13NO4. The summed E-state index contributed by atoms with van der Waals surface area (Å²) in [4.78, 5) is 23.4. The summed E-state index contributed by atoms with van der Waals surface area (Å²) in [5, 5.41) is 9.42. The smallest absolute Gasteiger partial charge is 0.340 e. The number of hydrogen-bond donors (Lipinski definition) is 0. The zero-order chi connectivity index (χ0) is 14.8. The monoisotopic (exact) mass is 271 g/mol. The summed E-state index contributed by atoms with van der Waals surface area (Å²) in [7, 11) is 0. The molecule has 2 rings (SSSR count). The Hall–Kier alpha value is -2.61. The number of nitriles is 1. The Morgan fingerprint density at radius 1 is 1.50 bits per heavy atom. The van der Waals surface area contributed by atoms with Crippen molar-refractivity contribution in [1.82, 2.24) is 0 Å². The normalized spacial score (nSPS) is 19.7. The molecule has 0 unspecified atom stereocenters. The van der Waals surface area contributed by atoms with Gasteiger partial charge in [0.1, 0.15) is 6.07 Å². The third kappa shape index (κ3) is 2.16. The van der Waals surface area contributed by atoms with Gasteiger partial charge in [0.15, 0.2) is 0 Å². The SMILES string of the molecule is C=C(C[C@]1(C#N)OC(=O)c2ccccc21)C(=O)OCC. The average molecular weight is 271 g/mol. The fourth-order valence-corrected chi connectivity index (χ4v) is 2.14. The minimum absolute atomic E-state index is 0.0953. The van der Waals surface area contributed by atoms with Crippen LogP contribution in [0.2, 0.25) is 0 Å². The van der Waals surface area contributed by atoms with Gasteiger partial charge in [0.2, 0.25) is 5.60 Å². The number of carbonyl (C=O) groups is 2.